The van der Waals surface area contributed by atoms with Crippen LogP contribution in [0.4, 0.5) is 8.78 Å². The summed E-state index contributed by atoms with van der Waals surface area (Å²) in [7, 11) is -1.85. The maximum absolute atomic E-state index is 14.6. The largest absolute Gasteiger partial charge is 0.475 e. The van der Waals surface area contributed by atoms with Gasteiger partial charge in [-0.2, -0.15) is 0 Å². The molecule has 0 saturated heterocycles. The third-order valence-electron chi connectivity index (χ3n) is 6.50. The molecular formula is C27H29BF2N4O5. The molecule has 2 heterocycles. The number of hydrogen-bond donors (Lipinski definition) is 4. The van der Waals surface area contributed by atoms with Crippen molar-refractivity contribution in [3.8, 4) is 0 Å². The highest BCUT2D eigenvalue weighted by Gasteiger charge is 2.48. The Morgan fingerprint density at radius 2 is 1.90 bits per heavy atom. The number of nitrogens with zero attached hydrogens (tertiary/aromatic N) is 2. The highest BCUT2D eigenvalue weighted by Crippen LogP contribution is 2.31. The van der Waals surface area contributed by atoms with E-state index in [0.717, 1.165) is 11.5 Å². The molecule has 0 fully saturated rings. The van der Waals surface area contributed by atoms with Crippen LogP contribution in [0.15, 0.2) is 59.9 Å². The third-order valence-corrected chi connectivity index (χ3v) is 6.50. The molecule has 39 heavy (non-hydrogen) atoms. The summed E-state index contributed by atoms with van der Waals surface area (Å²) in [5.74, 6) is -4.46. The second-order valence-electron chi connectivity index (χ2n) is 10.00. The predicted octanol–water partition coefficient (Wildman–Crippen LogP) is 2.54. The number of halogens is 2. The van der Waals surface area contributed by atoms with Crippen LogP contribution in [-0.4, -0.2) is 57.8 Å². The summed E-state index contributed by atoms with van der Waals surface area (Å²) in [6.07, 6.45) is 1.23. The highest BCUT2D eigenvalue weighted by atomic mass is 19.2. The Labute approximate surface area is 224 Å². The fourth-order valence-corrected chi connectivity index (χ4v) is 4.56. The lowest BCUT2D eigenvalue weighted by Crippen LogP contribution is -2.56. The van der Waals surface area contributed by atoms with E-state index in [2.05, 4.69) is 20.8 Å². The zero-order valence-electron chi connectivity index (χ0n) is 21.5. The number of rotatable bonds is 10. The number of hydrogen-bond acceptors (Lipinski definition) is 7. The zero-order valence-corrected chi connectivity index (χ0v) is 21.5. The van der Waals surface area contributed by atoms with Crippen molar-refractivity contribution in [1.82, 2.24) is 15.6 Å². The maximum atomic E-state index is 14.6. The van der Waals surface area contributed by atoms with Crippen LogP contribution in [0.1, 0.15) is 42.7 Å². The van der Waals surface area contributed by atoms with E-state index in [9.17, 15) is 28.4 Å². The van der Waals surface area contributed by atoms with E-state index in [1.54, 1.807) is 18.2 Å². The van der Waals surface area contributed by atoms with Gasteiger partial charge in [-0.3, -0.25) is 14.6 Å². The average molecular weight is 538 g/mol. The molecule has 2 amide bonds. The first kappa shape index (κ1) is 28.1. The van der Waals surface area contributed by atoms with Gasteiger partial charge in [-0.1, -0.05) is 55.4 Å². The summed E-state index contributed by atoms with van der Waals surface area (Å²) in [6.45, 7) is 3.60. The van der Waals surface area contributed by atoms with Gasteiger partial charge in [-0.25, -0.2) is 8.78 Å². The van der Waals surface area contributed by atoms with Gasteiger partial charge in [0, 0.05) is 24.4 Å². The van der Waals surface area contributed by atoms with E-state index in [4.69, 9.17) is 4.84 Å². The molecule has 2 aromatic carbocycles. The molecule has 1 aromatic heterocycles. The molecule has 0 bridgehead atoms. The topological polar surface area (TPSA) is 133 Å². The summed E-state index contributed by atoms with van der Waals surface area (Å²) in [4.78, 5) is 36.1. The predicted molar refractivity (Wildman–Crippen MR) is 142 cm³/mol. The van der Waals surface area contributed by atoms with Crippen molar-refractivity contribution in [2.45, 2.75) is 44.7 Å². The first-order valence-corrected chi connectivity index (χ1v) is 12.6. The summed E-state index contributed by atoms with van der Waals surface area (Å²) >= 11 is 0. The Balaban J connectivity index is 1.53. The van der Waals surface area contributed by atoms with Crippen LogP contribution in [0, 0.1) is 17.6 Å². The molecular weight excluding hydrogens is 509 g/mol. The maximum Gasteiger partial charge on any atom is 0.475 e. The van der Waals surface area contributed by atoms with Crippen LogP contribution in [0.25, 0.3) is 10.8 Å². The molecule has 4 rings (SSSR count). The summed E-state index contributed by atoms with van der Waals surface area (Å²) in [6, 6.07) is 12.7. The van der Waals surface area contributed by atoms with Crippen LogP contribution < -0.4 is 10.6 Å². The van der Waals surface area contributed by atoms with Crippen LogP contribution >= 0.6 is 0 Å². The summed E-state index contributed by atoms with van der Waals surface area (Å²) in [5.41, 5.74) is -1.43. The van der Waals surface area contributed by atoms with Gasteiger partial charge in [-0.15, -0.1) is 0 Å². The quantitative estimate of drug-likeness (QED) is 0.294. The van der Waals surface area contributed by atoms with Gasteiger partial charge in [-0.05, 0) is 35.4 Å². The molecule has 3 aromatic rings. The lowest BCUT2D eigenvalue weighted by atomic mass is 9.74. The van der Waals surface area contributed by atoms with Gasteiger partial charge in [0.2, 0.25) is 5.60 Å². The summed E-state index contributed by atoms with van der Waals surface area (Å²) < 4.78 is 28.5. The van der Waals surface area contributed by atoms with Crippen LogP contribution in [0.2, 0.25) is 0 Å². The zero-order chi connectivity index (χ0) is 28.2. The number of oxime groups is 1. The molecule has 0 aliphatic carbocycles. The molecule has 1 aliphatic rings. The average Bonchev–Trinajstić information content (AvgIpc) is 3.33. The van der Waals surface area contributed by atoms with Crippen molar-refractivity contribution < 1.29 is 33.3 Å². The number of carbonyl (C=O) groups is 2. The van der Waals surface area contributed by atoms with Gasteiger partial charge in [0.1, 0.15) is 5.69 Å². The lowest BCUT2D eigenvalue weighted by Gasteiger charge is -2.29. The number of amides is 2. The monoisotopic (exact) mass is 538 g/mol. The van der Waals surface area contributed by atoms with E-state index in [-0.39, 0.29) is 48.7 Å². The van der Waals surface area contributed by atoms with Crippen molar-refractivity contribution in [2.24, 2.45) is 11.1 Å². The Morgan fingerprint density at radius 1 is 1.13 bits per heavy atom. The minimum Gasteiger partial charge on any atom is -0.426 e. The van der Waals surface area contributed by atoms with Crippen molar-refractivity contribution >= 4 is 35.4 Å². The molecule has 0 radical (unpaired) electrons. The van der Waals surface area contributed by atoms with Crippen LogP contribution in [0.5, 0.6) is 0 Å². The van der Waals surface area contributed by atoms with Gasteiger partial charge in [0.05, 0.1) is 18.2 Å². The molecule has 2 unspecified atom stereocenters. The van der Waals surface area contributed by atoms with Gasteiger partial charge >= 0.3 is 7.12 Å². The van der Waals surface area contributed by atoms with E-state index in [1.165, 1.54) is 18.3 Å². The van der Waals surface area contributed by atoms with E-state index >= 15 is 0 Å². The van der Waals surface area contributed by atoms with E-state index in [1.807, 2.05) is 26.0 Å². The third kappa shape index (κ3) is 6.40. The van der Waals surface area contributed by atoms with E-state index in [0.29, 0.717) is 5.39 Å². The van der Waals surface area contributed by atoms with Crippen molar-refractivity contribution in [1.29, 1.82) is 0 Å². The number of pyridine rings is 1. The smallest absolute Gasteiger partial charge is 0.426 e. The molecule has 204 valence electrons. The normalized spacial score (nSPS) is 17.5. The Morgan fingerprint density at radius 3 is 2.64 bits per heavy atom. The molecule has 9 nitrogen and oxygen atoms in total. The van der Waals surface area contributed by atoms with Crippen LogP contribution in [-0.2, 0) is 16.1 Å². The second kappa shape index (κ2) is 11.9. The fraction of sp³-hybridized carbons (Fsp3) is 0.333. The van der Waals surface area contributed by atoms with Crippen molar-refractivity contribution in [2.75, 3.05) is 6.54 Å². The number of nitrogens with one attached hydrogen (secondary N) is 2. The van der Waals surface area contributed by atoms with Gasteiger partial charge in [0.15, 0.2) is 11.6 Å². The number of benzene rings is 2. The second-order valence-corrected chi connectivity index (χ2v) is 10.00. The molecule has 0 spiro atoms. The van der Waals surface area contributed by atoms with Crippen molar-refractivity contribution in [3.05, 3.63) is 77.6 Å². The first-order valence-electron chi connectivity index (χ1n) is 12.6. The Hall–Kier alpha value is -3.90. The number of aromatic nitrogens is 1. The fourth-order valence-electron chi connectivity index (χ4n) is 4.56. The summed E-state index contributed by atoms with van der Waals surface area (Å²) in [5, 5.41) is 30.4. The van der Waals surface area contributed by atoms with Gasteiger partial charge < -0.3 is 25.5 Å². The Bertz CT molecular complexity index is 1400. The van der Waals surface area contributed by atoms with Crippen molar-refractivity contribution in [3.63, 3.8) is 0 Å². The minimum atomic E-state index is -1.85. The first-order chi connectivity index (χ1) is 18.6. The van der Waals surface area contributed by atoms with E-state index < -0.39 is 42.1 Å². The van der Waals surface area contributed by atoms with Crippen LogP contribution in [0.3, 0.4) is 0 Å². The standard InChI is InChI=1S/C27H29BF2N4O5/c1-16(2)12-22(28(37)38)33-26(36)27(13-18-7-5-9-21(29)23(18)30)14-19(34-39-27)15-32-25(35)24-20-8-4-3-6-17(20)10-11-31-24/h3-11,16,22,37-38H,12-15H2,1-2H3,(H,32,35)(H,33,36). The molecule has 0 saturated carbocycles. The Kier molecular flexibility index (Phi) is 8.56. The molecule has 2 atom stereocenters. The minimum absolute atomic E-state index is 0.0166. The molecule has 12 heteroatoms. The number of carbonyl (C=O) groups excluding carboxylic acids is 2. The molecule has 1 aliphatic heterocycles. The van der Waals surface area contributed by atoms with Gasteiger partial charge in [0.25, 0.3) is 11.8 Å². The highest BCUT2D eigenvalue weighted by molar-refractivity contribution is 6.43. The SMILES string of the molecule is CC(C)CC(NC(=O)C1(Cc2cccc(F)c2F)CC(CNC(=O)c2nccc3ccccc23)=NO1)B(O)O. The molecule has 4 N–H and O–H groups in total. The lowest BCUT2D eigenvalue weighted by molar-refractivity contribution is -0.144. The number of fused-ring (bicyclic) bond motifs is 1.